The molecule has 0 saturated carbocycles. The van der Waals surface area contributed by atoms with Crippen molar-refractivity contribution in [3.8, 4) is 11.1 Å². The van der Waals surface area contributed by atoms with Gasteiger partial charge in [-0.1, -0.05) is 17.3 Å². The van der Waals surface area contributed by atoms with E-state index in [9.17, 15) is 13.2 Å². The first kappa shape index (κ1) is 19.5. The average molecular weight is 392 g/mol. The van der Waals surface area contributed by atoms with E-state index in [-0.39, 0.29) is 16.7 Å². The van der Waals surface area contributed by atoms with Gasteiger partial charge in [0, 0.05) is 33.1 Å². The van der Waals surface area contributed by atoms with Gasteiger partial charge >= 0.3 is 0 Å². The van der Waals surface area contributed by atoms with Crippen molar-refractivity contribution in [1.82, 2.24) is 14.4 Å². The van der Waals surface area contributed by atoms with Gasteiger partial charge in [0.15, 0.2) is 0 Å². The zero-order valence-electron chi connectivity index (χ0n) is 15.9. The second-order valence-electron chi connectivity index (χ2n) is 6.84. The SMILES string of the molecule is CC(=O)Nc1onc(C)c1-c1ccc(C)c(S(=O)(=O)N2CCN(C)CC2)c1. The Kier molecular flexibility index (Phi) is 5.36. The summed E-state index contributed by atoms with van der Waals surface area (Å²) in [5.74, 6) is -0.0726. The lowest BCUT2D eigenvalue weighted by Crippen LogP contribution is -2.47. The van der Waals surface area contributed by atoms with Gasteiger partial charge in [-0.15, -0.1) is 0 Å². The van der Waals surface area contributed by atoms with E-state index in [1.807, 2.05) is 13.1 Å². The predicted octanol–water partition coefficient (Wildman–Crippen LogP) is 1.85. The first-order chi connectivity index (χ1) is 12.7. The summed E-state index contributed by atoms with van der Waals surface area (Å²) in [5, 5.41) is 6.50. The van der Waals surface area contributed by atoms with Gasteiger partial charge < -0.3 is 9.42 Å². The molecule has 0 radical (unpaired) electrons. The monoisotopic (exact) mass is 392 g/mol. The van der Waals surface area contributed by atoms with Gasteiger partial charge in [0.25, 0.3) is 0 Å². The topological polar surface area (TPSA) is 95.8 Å². The maximum atomic E-state index is 13.2. The quantitative estimate of drug-likeness (QED) is 0.853. The van der Waals surface area contributed by atoms with Crippen LogP contribution in [0.25, 0.3) is 11.1 Å². The van der Waals surface area contributed by atoms with Gasteiger partial charge in [-0.3, -0.25) is 10.1 Å². The van der Waals surface area contributed by atoms with Crippen molar-refractivity contribution in [2.75, 3.05) is 38.5 Å². The highest BCUT2D eigenvalue weighted by atomic mass is 32.2. The van der Waals surface area contributed by atoms with Crippen LogP contribution >= 0.6 is 0 Å². The number of aryl methyl sites for hydroxylation is 2. The second kappa shape index (κ2) is 7.41. The van der Waals surface area contributed by atoms with Crippen LogP contribution < -0.4 is 5.32 Å². The molecule has 2 aromatic rings. The third-order valence-electron chi connectivity index (χ3n) is 4.71. The molecule has 8 nitrogen and oxygen atoms in total. The molecule has 2 heterocycles. The van der Waals surface area contributed by atoms with Crippen molar-refractivity contribution in [2.24, 2.45) is 0 Å². The lowest BCUT2D eigenvalue weighted by atomic mass is 10.0. The van der Waals surface area contributed by atoms with Gasteiger partial charge in [-0.2, -0.15) is 4.31 Å². The number of sulfonamides is 1. The van der Waals surface area contributed by atoms with E-state index in [0.29, 0.717) is 48.6 Å². The Morgan fingerprint density at radius 3 is 2.48 bits per heavy atom. The van der Waals surface area contributed by atoms with Crippen molar-refractivity contribution in [1.29, 1.82) is 0 Å². The third kappa shape index (κ3) is 3.90. The fraction of sp³-hybridized carbons (Fsp3) is 0.444. The number of carbonyl (C=O) groups excluding carboxylic acids is 1. The van der Waals surface area contributed by atoms with E-state index in [1.165, 1.54) is 11.2 Å². The molecule has 0 spiro atoms. The molecule has 1 aromatic heterocycles. The Labute approximate surface area is 159 Å². The number of nitrogens with zero attached hydrogens (tertiary/aromatic N) is 3. The lowest BCUT2D eigenvalue weighted by molar-refractivity contribution is -0.114. The smallest absolute Gasteiger partial charge is 0.243 e. The summed E-state index contributed by atoms with van der Waals surface area (Å²) < 4.78 is 33.1. The largest absolute Gasteiger partial charge is 0.337 e. The van der Waals surface area contributed by atoms with Crippen molar-refractivity contribution >= 4 is 21.8 Å². The molecule has 1 aromatic carbocycles. The minimum absolute atomic E-state index is 0.215. The van der Waals surface area contributed by atoms with Crippen LogP contribution in [0, 0.1) is 13.8 Å². The maximum absolute atomic E-state index is 13.2. The second-order valence-corrected chi connectivity index (χ2v) is 8.75. The van der Waals surface area contributed by atoms with Crippen molar-refractivity contribution in [3.63, 3.8) is 0 Å². The first-order valence-corrected chi connectivity index (χ1v) is 10.2. The minimum Gasteiger partial charge on any atom is -0.337 e. The average Bonchev–Trinajstić information content (AvgIpc) is 2.95. The number of aromatic nitrogens is 1. The molecule has 9 heteroatoms. The van der Waals surface area contributed by atoms with E-state index >= 15 is 0 Å². The summed E-state index contributed by atoms with van der Waals surface area (Å²) in [4.78, 5) is 13.8. The molecule has 27 heavy (non-hydrogen) atoms. The highest BCUT2D eigenvalue weighted by Gasteiger charge is 2.29. The number of likely N-dealkylation sites (N-methyl/N-ethyl adjacent to an activating group) is 1. The highest BCUT2D eigenvalue weighted by Crippen LogP contribution is 2.34. The highest BCUT2D eigenvalue weighted by molar-refractivity contribution is 7.89. The fourth-order valence-corrected chi connectivity index (χ4v) is 4.83. The standard InChI is InChI=1S/C18H24N4O4S/c1-12-5-6-15(17-13(2)20-26-18(17)19-14(3)23)11-16(12)27(24,25)22-9-7-21(4)8-10-22/h5-6,11H,7-10H2,1-4H3,(H,19,23). The third-order valence-corrected chi connectivity index (χ3v) is 6.75. The molecule has 1 saturated heterocycles. The van der Waals surface area contributed by atoms with Crippen molar-refractivity contribution in [2.45, 2.75) is 25.7 Å². The van der Waals surface area contributed by atoms with E-state index in [0.717, 1.165) is 0 Å². The molecule has 146 valence electrons. The zero-order chi connectivity index (χ0) is 19.8. The van der Waals surface area contributed by atoms with Gasteiger partial charge in [-0.25, -0.2) is 8.42 Å². The number of carbonyl (C=O) groups is 1. The molecular formula is C18H24N4O4S. The van der Waals surface area contributed by atoms with Gasteiger partial charge in [0.1, 0.15) is 0 Å². The molecule has 1 amide bonds. The number of benzene rings is 1. The van der Waals surface area contributed by atoms with Crippen molar-refractivity contribution in [3.05, 3.63) is 29.5 Å². The van der Waals surface area contributed by atoms with Crippen LogP contribution in [0.3, 0.4) is 0 Å². The van der Waals surface area contributed by atoms with Gasteiger partial charge in [-0.05, 0) is 38.1 Å². The molecule has 0 unspecified atom stereocenters. The van der Waals surface area contributed by atoms with Crippen LogP contribution in [0.2, 0.25) is 0 Å². The maximum Gasteiger partial charge on any atom is 0.243 e. The number of piperazine rings is 1. The Bertz CT molecular complexity index is 960. The summed E-state index contributed by atoms with van der Waals surface area (Å²) in [6.07, 6.45) is 0. The fourth-order valence-electron chi connectivity index (χ4n) is 3.16. The van der Waals surface area contributed by atoms with Gasteiger partial charge in [0.2, 0.25) is 21.8 Å². The zero-order valence-corrected chi connectivity index (χ0v) is 16.8. The Balaban J connectivity index is 2.03. The van der Waals surface area contributed by atoms with E-state index < -0.39 is 10.0 Å². The summed E-state index contributed by atoms with van der Waals surface area (Å²) in [6.45, 7) is 7.24. The molecule has 0 aliphatic carbocycles. The minimum atomic E-state index is -3.61. The normalized spacial score (nSPS) is 16.4. The Morgan fingerprint density at radius 2 is 1.85 bits per heavy atom. The van der Waals surface area contributed by atoms with Gasteiger partial charge in [0.05, 0.1) is 16.2 Å². The van der Waals surface area contributed by atoms with E-state index in [4.69, 9.17) is 4.52 Å². The summed E-state index contributed by atoms with van der Waals surface area (Å²) >= 11 is 0. The predicted molar refractivity (Wildman–Crippen MR) is 102 cm³/mol. The molecule has 3 rings (SSSR count). The van der Waals surface area contributed by atoms with E-state index in [2.05, 4.69) is 15.4 Å². The molecular weight excluding hydrogens is 368 g/mol. The number of hydrogen-bond acceptors (Lipinski definition) is 6. The molecule has 1 fully saturated rings. The van der Waals surface area contributed by atoms with Crippen LogP contribution in [0.4, 0.5) is 5.88 Å². The number of nitrogens with one attached hydrogen (secondary N) is 1. The number of rotatable bonds is 4. The molecule has 0 bridgehead atoms. The first-order valence-electron chi connectivity index (χ1n) is 8.73. The Hall–Kier alpha value is -2.23. The molecule has 1 N–H and O–H groups in total. The molecule has 1 aliphatic heterocycles. The lowest BCUT2D eigenvalue weighted by Gasteiger charge is -2.32. The van der Waals surface area contributed by atoms with Crippen LogP contribution in [0.15, 0.2) is 27.6 Å². The van der Waals surface area contributed by atoms with Crippen LogP contribution in [0.1, 0.15) is 18.2 Å². The van der Waals surface area contributed by atoms with Crippen molar-refractivity contribution < 1.29 is 17.7 Å². The summed E-state index contributed by atoms with van der Waals surface area (Å²) in [5.41, 5.74) is 2.47. The van der Waals surface area contributed by atoms with Crippen LogP contribution in [-0.2, 0) is 14.8 Å². The summed E-state index contributed by atoms with van der Waals surface area (Å²) in [7, 11) is -1.63. The molecule has 1 aliphatic rings. The van der Waals surface area contributed by atoms with Crippen LogP contribution in [0.5, 0.6) is 0 Å². The number of anilines is 1. The molecule has 0 atom stereocenters. The number of hydrogen-bond donors (Lipinski definition) is 1. The van der Waals surface area contributed by atoms with E-state index in [1.54, 1.807) is 26.0 Å². The Morgan fingerprint density at radius 1 is 1.19 bits per heavy atom. The number of amides is 1. The van der Waals surface area contributed by atoms with Crippen LogP contribution in [-0.4, -0.2) is 61.9 Å². The summed E-state index contributed by atoms with van der Waals surface area (Å²) in [6, 6.07) is 5.21.